The first kappa shape index (κ1) is 21.1. The third-order valence-corrected chi connectivity index (χ3v) is 6.35. The van der Waals surface area contributed by atoms with Gasteiger partial charge in [0, 0.05) is 48.2 Å². The van der Waals surface area contributed by atoms with E-state index in [0.29, 0.717) is 53.1 Å². The minimum absolute atomic E-state index is 0.0328. The molecule has 0 aliphatic rings. The van der Waals surface area contributed by atoms with E-state index in [4.69, 9.17) is 16.3 Å². The minimum Gasteiger partial charge on any atom is -0.382 e. The summed E-state index contributed by atoms with van der Waals surface area (Å²) >= 11 is 8.75. The monoisotopic (exact) mass is 439 g/mol. The lowest BCUT2D eigenvalue weighted by Crippen LogP contribution is -2.24. The molecule has 0 saturated carbocycles. The molecule has 0 amide bonds. The molecule has 0 spiro atoms. The van der Waals surface area contributed by atoms with Crippen LogP contribution >= 0.6 is 34.7 Å². The van der Waals surface area contributed by atoms with E-state index in [0.717, 1.165) is 12.1 Å². The molecule has 150 valence electrons. The predicted octanol–water partition coefficient (Wildman–Crippen LogP) is 3.80. The lowest BCUT2D eigenvalue weighted by atomic mass is 10.2. The highest BCUT2D eigenvalue weighted by molar-refractivity contribution is 7.99. The molecule has 0 unspecified atom stereocenters. The maximum Gasteiger partial charge on any atom is 0.307 e. The normalized spacial score (nSPS) is 11.4. The molecular formula is C19H22ClN3O3S2. The largest absolute Gasteiger partial charge is 0.382 e. The quantitative estimate of drug-likeness (QED) is 0.288. The van der Waals surface area contributed by atoms with Crippen molar-refractivity contribution in [2.75, 3.05) is 19.0 Å². The van der Waals surface area contributed by atoms with Gasteiger partial charge in [-0.25, -0.2) is 4.98 Å². The molecule has 3 rings (SSSR count). The van der Waals surface area contributed by atoms with Crippen LogP contribution in [-0.2, 0) is 17.8 Å². The number of aryl methyl sites for hydroxylation is 1. The zero-order valence-electron chi connectivity index (χ0n) is 15.8. The molecule has 1 aromatic carbocycles. The van der Waals surface area contributed by atoms with E-state index in [1.165, 1.54) is 23.1 Å². The Morgan fingerprint density at radius 3 is 2.79 bits per heavy atom. The molecule has 0 fully saturated rings. The Hall–Kier alpha value is -1.61. The van der Waals surface area contributed by atoms with Gasteiger partial charge in [-0.15, -0.1) is 0 Å². The second-order valence-corrected chi connectivity index (χ2v) is 8.53. The second-order valence-electron chi connectivity index (χ2n) is 6.21. The molecule has 0 radical (unpaired) electrons. The van der Waals surface area contributed by atoms with Gasteiger partial charge in [-0.2, -0.15) is 0 Å². The summed E-state index contributed by atoms with van der Waals surface area (Å²) in [4.78, 5) is 29.6. The third kappa shape index (κ3) is 4.86. The van der Waals surface area contributed by atoms with Gasteiger partial charge in [0.05, 0.1) is 10.9 Å². The predicted molar refractivity (Wildman–Crippen MR) is 116 cm³/mol. The van der Waals surface area contributed by atoms with Crippen molar-refractivity contribution in [1.29, 1.82) is 0 Å². The number of thioether (sulfide) groups is 1. The molecule has 6 nitrogen and oxygen atoms in total. The average Bonchev–Trinajstić information content (AvgIpc) is 2.99. The number of fused-ring (bicyclic) bond motifs is 1. The van der Waals surface area contributed by atoms with E-state index < -0.39 is 0 Å². The molecule has 28 heavy (non-hydrogen) atoms. The van der Waals surface area contributed by atoms with Gasteiger partial charge in [0.15, 0.2) is 5.16 Å². The van der Waals surface area contributed by atoms with E-state index in [2.05, 4.69) is 4.98 Å². The van der Waals surface area contributed by atoms with Crippen molar-refractivity contribution in [2.24, 2.45) is 0 Å². The summed E-state index contributed by atoms with van der Waals surface area (Å²) in [6.45, 7) is 6.21. The molecule has 0 saturated heterocycles. The molecule has 2 aromatic heterocycles. The maximum absolute atomic E-state index is 13.0. The van der Waals surface area contributed by atoms with Gasteiger partial charge in [-0.1, -0.05) is 34.7 Å². The summed E-state index contributed by atoms with van der Waals surface area (Å²) in [6, 6.07) is 5.13. The molecule has 9 heteroatoms. The van der Waals surface area contributed by atoms with Gasteiger partial charge >= 0.3 is 4.87 Å². The number of halogens is 1. The van der Waals surface area contributed by atoms with Crippen molar-refractivity contribution < 1.29 is 4.74 Å². The van der Waals surface area contributed by atoms with Gasteiger partial charge < -0.3 is 9.30 Å². The highest BCUT2D eigenvalue weighted by Crippen LogP contribution is 2.21. The van der Waals surface area contributed by atoms with Crippen LogP contribution < -0.4 is 10.4 Å². The second kappa shape index (κ2) is 9.73. The lowest BCUT2D eigenvalue weighted by Gasteiger charge is -2.13. The van der Waals surface area contributed by atoms with E-state index in [-0.39, 0.29) is 10.4 Å². The van der Waals surface area contributed by atoms with E-state index in [9.17, 15) is 9.59 Å². The van der Waals surface area contributed by atoms with Gasteiger partial charge in [0.25, 0.3) is 5.56 Å². The Morgan fingerprint density at radius 2 is 2.07 bits per heavy atom. The van der Waals surface area contributed by atoms with Crippen molar-refractivity contribution >= 4 is 45.6 Å². The van der Waals surface area contributed by atoms with Crippen molar-refractivity contribution in [3.05, 3.63) is 54.3 Å². The Kier molecular flexibility index (Phi) is 7.34. The minimum atomic E-state index is -0.0791. The Balaban J connectivity index is 1.86. The summed E-state index contributed by atoms with van der Waals surface area (Å²) in [7, 11) is 0. The molecule has 0 bridgehead atoms. The van der Waals surface area contributed by atoms with Crippen LogP contribution in [-0.4, -0.2) is 33.1 Å². The van der Waals surface area contributed by atoms with Crippen LogP contribution in [0.4, 0.5) is 0 Å². The molecule has 2 heterocycles. The fraction of sp³-hybridized carbons (Fsp3) is 0.421. The topological polar surface area (TPSA) is 66.1 Å². The Bertz CT molecular complexity index is 1070. The lowest BCUT2D eigenvalue weighted by molar-refractivity contribution is 0.140. The van der Waals surface area contributed by atoms with E-state index in [1.54, 1.807) is 27.3 Å². The number of nitrogens with zero attached hydrogens (tertiary/aromatic N) is 3. The highest BCUT2D eigenvalue weighted by atomic mass is 35.5. The standard InChI is InChI=1S/C19H22ClN3O3S2/c1-3-26-9-4-7-23-17(24)15-6-5-14(20)11-16(15)21-18(23)27-10-8-22-13(2)12-28-19(22)25/h5-6,11-12H,3-4,7-10H2,1-2H3. The van der Waals surface area contributed by atoms with Gasteiger partial charge in [0.1, 0.15) is 0 Å². The summed E-state index contributed by atoms with van der Waals surface area (Å²) in [6.07, 6.45) is 0.727. The highest BCUT2D eigenvalue weighted by Gasteiger charge is 2.13. The number of hydrogen-bond donors (Lipinski definition) is 0. The number of ether oxygens (including phenoxy) is 1. The molecular weight excluding hydrogens is 418 g/mol. The zero-order valence-corrected chi connectivity index (χ0v) is 18.2. The van der Waals surface area contributed by atoms with Crippen LogP contribution in [0.5, 0.6) is 0 Å². The zero-order chi connectivity index (χ0) is 20.1. The van der Waals surface area contributed by atoms with Gasteiger partial charge in [-0.3, -0.25) is 14.2 Å². The van der Waals surface area contributed by atoms with Gasteiger partial charge in [-0.05, 0) is 38.5 Å². The smallest absolute Gasteiger partial charge is 0.307 e. The van der Waals surface area contributed by atoms with Crippen LogP contribution in [0.2, 0.25) is 5.02 Å². The number of benzene rings is 1. The summed E-state index contributed by atoms with van der Waals surface area (Å²) < 4.78 is 8.84. The van der Waals surface area contributed by atoms with Crippen molar-refractivity contribution in [3.63, 3.8) is 0 Å². The third-order valence-electron chi connectivity index (χ3n) is 4.28. The first-order valence-electron chi connectivity index (χ1n) is 9.07. The van der Waals surface area contributed by atoms with Crippen molar-refractivity contribution in [3.8, 4) is 0 Å². The van der Waals surface area contributed by atoms with E-state index >= 15 is 0 Å². The SMILES string of the molecule is CCOCCCn1c(SCCn2c(C)csc2=O)nc2cc(Cl)ccc2c1=O. The van der Waals surface area contributed by atoms with Crippen LogP contribution in [0, 0.1) is 6.92 Å². The van der Waals surface area contributed by atoms with Crippen LogP contribution in [0.25, 0.3) is 10.9 Å². The molecule has 0 atom stereocenters. The maximum atomic E-state index is 13.0. The Morgan fingerprint density at radius 1 is 1.25 bits per heavy atom. The Labute approximate surface area is 176 Å². The van der Waals surface area contributed by atoms with E-state index in [1.807, 2.05) is 19.2 Å². The number of thiazole rings is 1. The first-order valence-corrected chi connectivity index (χ1v) is 11.3. The van der Waals surface area contributed by atoms with Crippen molar-refractivity contribution in [1.82, 2.24) is 14.1 Å². The van der Waals surface area contributed by atoms with Crippen LogP contribution in [0.15, 0.2) is 38.3 Å². The van der Waals surface area contributed by atoms with Crippen molar-refractivity contribution in [2.45, 2.75) is 38.5 Å². The number of rotatable bonds is 9. The number of hydrogen-bond acceptors (Lipinski definition) is 6. The number of aromatic nitrogens is 3. The molecule has 0 aliphatic heterocycles. The van der Waals surface area contributed by atoms with Crippen LogP contribution in [0.3, 0.4) is 0 Å². The van der Waals surface area contributed by atoms with Gasteiger partial charge in [0.2, 0.25) is 0 Å². The first-order chi connectivity index (χ1) is 13.5. The average molecular weight is 440 g/mol. The fourth-order valence-corrected chi connectivity index (χ4v) is 4.73. The summed E-state index contributed by atoms with van der Waals surface area (Å²) in [5, 5.41) is 3.59. The van der Waals surface area contributed by atoms with Crippen LogP contribution in [0.1, 0.15) is 19.0 Å². The molecule has 0 N–H and O–H groups in total. The fourth-order valence-electron chi connectivity index (χ4n) is 2.85. The summed E-state index contributed by atoms with van der Waals surface area (Å²) in [5.41, 5.74) is 1.46. The summed E-state index contributed by atoms with van der Waals surface area (Å²) in [5.74, 6) is 0.640. The molecule has 0 aliphatic carbocycles. The molecule has 3 aromatic rings.